The molecule has 138 valence electrons. The summed E-state index contributed by atoms with van der Waals surface area (Å²) in [6.07, 6.45) is 0. The molecule has 0 aliphatic carbocycles. The van der Waals surface area contributed by atoms with Gasteiger partial charge in [-0.05, 0) is 47.1 Å². The Morgan fingerprint density at radius 3 is 2.67 bits per heavy atom. The molecule has 3 rings (SSSR count). The van der Waals surface area contributed by atoms with Crippen molar-refractivity contribution in [1.82, 2.24) is 9.78 Å². The fourth-order valence-corrected chi connectivity index (χ4v) is 2.96. The number of hydrogen-bond acceptors (Lipinski definition) is 4. The van der Waals surface area contributed by atoms with Gasteiger partial charge in [-0.15, -0.1) is 0 Å². The predicted octanol–water partition coefficient (Wildman–Crippen LogP) is 3.79. The second kappa shape index (κ2) is 8.13. The van der Waals surface area contributed by atoms with Gasteiger partial charge >= 0.3 is 0 Å². The maximum Gasteiger partial charge on any atom is 0.276 e. The molecule has 3 aromatic rings. The van der Waals surface area contributed by atoms with Gasteiger partial charge in [-0.25, -0.2) is 4.39 Å². The minimum atomic E-state index is -0.599. The highest BCUT2D eigenvalue weighted by Gasteiger charge is 2.16. The van der Waals surface area contributed by atoms with Crippen LogP contribution in [0, 0.1) is 5.82 Å². The van der Waals surface area contributed by atoms with Crippen LogP contribution in [0.5, 0.6) is 5.75 Å². The quantitative estimate of drug-likeness (QED) is 0.666. The zero-order chi connectivity index (χ0) is 19.4. The van der Waals surface area contributed by atoms with Crippen LogP contribution in [-0.4, -0.2) is 22.3 Å². The van der Waals surface area contributed by atoms with Crippen LogP contribution in [0.4, 0.5) is 10.1 Å². The van der Waals surface area contributed by atoms with Crippen LogP contribution in [0.2, 0.25) is 0 Å². The third kappa shape index (κ3) is 4.22. The fourth-order valence-electron chi connectivity index (χ4n) is 2.42. The molecule has 27 heavy (non-hydrogen) atoms. The molecule has 0 aliphatic heterocycles. The van der Waals surface area contributed by atoms with E-state index in [2.05, 4.69) is 26.3 Å². The highest BCUT2D eigenvalue weighted by Crippen LogP contribution is 2.34. The second-order valence-electron chi connectivity index (χ2n) is 5.46. The number of amides is 1. The normalized spacial score (nSPS) is 10.5. The molecule has 0 atom stereocenters. The third-order valence-electron chi connectivity index (χ3n) is 3.58. The summed E-state index contributed by atoms with van der Waals surface area (Å²) in [6, 6.07) is 13.7. The Bertz CT molecular complexity index is 1040. The summed E-state index contributed by atoms with van der Waals surface area (Å²) in [4.78, 5) is 24.7. The molecule has 0 saturated heterocycles. The summed E-state index contributed by atoms with van der Waals surface area (Å²) in [5.41, 5.74) is 0.316. The van der Waals surface area contributed by atoms with Gasteiger partial charge < -0.3 is 10.1 Å². The zero-order valence-electron chi connectivity index (χ0n) is 14.3. The number of nitrogens with zero attached hydrogens (tertiary/aromatic N) is 2. The lowest BCUT2D eigenvalue weighted by atomic mass is 10.2. The monoisotopic (exact) mass is 431 g/mol. The SMILES string of the molecule is CCOc1c(Br)cc(F)cc1NC(=O)c1ccc(=O)n(-c2ccccc2)n1. The Kier molecular flexibility index (Phi) is 5.66. The fraction of sp³-hybridized carbons (Fsp3) is 0.105. The molecule has 6 nitrogen and oxygen atoms in total. The van der Waals surface area contributed by atoms with E-state index in [9.17, 15) is 14.0 Å². The van der Waals surface area contributed by atoms with E-state index in [4.69, 9.17) is 4.74 Å². The molecule has 0 radical (unpaired) electrons. The number of hydrogen-bond donors (Lipinski definition) is 1. The van der Waals surface area contributed by atoms with Crippen LogP contribution in [0.1, 0.15) is 17.4 Å². The van der Waals surface area contributed by atoms with E-state index < -0.39 is 11.7 Å². The molecular weight excluding hydrogens is 417 g/mol. The first kappa shape index (κ1) is 18.8. The van der Waals surface area contributed by atoms with E-state index in [0.717, 1.165) is 10.7 Å². The average molecular weight is 432 g/mol. The van der Waals surface area contributed by atoms with Crippen LogP contribution in [0.3, 0.4) is 0 Å². The number of rotatable bonds is 5. The molecule has 1 N–H and O–H groups in total. The topological polar surface area (TPSA) is 73.2 Å². The van der Waals surface area contributed by atoms with Gasteiger partial charge in [0.25, 0.3) is 11.5 Å². The first-order valence-corrected chi connectivity index (χ1v) is 8.88. The largest absolute Gasteiger partial charge is 0.491 e. The second-order valence-corrected chi connectivity index (χ2v) is 6.31. The standard InChI is InChI=1S/C19H15BrFN3O3/c1-2-27-18-14(20)10-12(21)11-16(18)22-19(26)15-8-9-17(25)24(23-15)13-6-4-3-5-7-13/h3-11H,2H2,1H3,(H,22,26). The van der Waals surface area contributed by atoms with Crippen molar-refractivity contribution in [2.24, 2.45) is 0 Å². The predicted molar refractivity (Wildman–Crippen MR) is 103 cm³/mol. The molecule has 1 heterocycles. The van der Waals surface area contributed by atoms with Gasteiger partial charge in [0.1, 0.15) is 11.5 Å². The van der Waals surface area contributed by atoms with Crippen LogP contribution in [-0.2, 0) is 0 Å². The summed E-state index contributed by atoms with van der Waals surface area (Å²) < 4.78 is 20.7. The number of aromatic nitrogens is 2. The van der Waals surface area contributed by atoms with Crippen molar-refractivity contribution in [2.45, 2.75) is 6.92 Å². The number of halogens is 2. The van der Waals surface area contributed by atoms with E-state index in [1.807, 2.05) is 6.07 Å². The Balaban J connectivity index is 1.95. The summed E-state index contributed by atoms with van der Waals surface area (Å²) >= 11 is 3.22. The molecule has 2 aromatic carbocycles. The minimum absolute atomic E-state index is 0.00119. The van der Waals surface area contributed by atoms with E-state index >= 15 is 0 Å². The first-order chi connectivity index (χ1) is 13.0. The smallest absolute Gasteiger partial charge is 0.276 e. The van der Waals surface area contributed by atoms with Gasteiger partial charge in [0, 0.05) is 12.1 Å². The zero-order valence-corrected chi connectivity index (χ0v) is 15.9. The van der Waals surface area contributed by atoms with Crippen LogP contribution < -0.4 is 15.6 Å². The maximum absolute atomic E-state index is 13.7. The van der Waals surface area contributed by atoms with Gasteiger partial charge in [-0.1, -0.05) is 18.2 Å². The molecule has 1 aromatic heterocycles. The average Bonchev–Trinajstić information content (AvgIpc) is 2.65. The Morgan fingerprint density at radius 1 is 1.22 bits per heavy atom. The summed E-state index contributed by atoms with van der Waals surface area (Å²) in [7, 11) is 0. The van der Waals surface area contributed by atoms with E-state index in [1.54, 1.807) is 31.2 Å². The molecular formula is C19H15BrFN3O3. The van der Waals surface area contributed by atoms with Gasteiger partial charge in [-0.3, -0.25) is 9.59 Å². The number of anilines is 1. The number of carbonyl (C=O) groups is 1. The van der Waals surface area contributed by atoms with Gasteiger partial charge in [0.15, 0.2) is 5.75 Å². The molecule has 0 aliphatic rings. The van der Waals surface area contributed by atoms with Crippen LogP contribution >= 0.6 is 15.9 Å². The van der Waals surface area contributed by atoms with Crippen molar-refractivity contribution < 1.29 is 13.9 Å². The number of para-hydroxylation sites is 1. The Hall–Kier alpha value is -3.00. The van der Waals surface area contributed by atoms with Gasteiger partial charge in [0.05, 0.1) is 22.5 Å². The first-order valence-electron chi connectivity index (χ1n) is 8.08. The number of nitrogens with one attached hydrogen (secondary N) is 1. The number of ether oxygens (including phenoxy) is 1. The molecule has 0 saturated carbocycles. The summed E-state index contributed by atoms with van der Waals surface area (Å²) in [5.74, 6) is -0.829. The molecule has 1 amide bonds. The van der Waals surface area contributed by atoms with Crippen molar-refractivity contribution in [3.63, 3.8) is 0 Å². The summed E-state index contributed by atoms with van der Waals surface area (Å²) in [5, 5.41) is 6.68. The molecule has 0 spiro atoms. The molecule has 0 fully saturated rings. The van der Waals surface area contributed by atoms with E-state index in [0.29, 0.717) is 22.5 Å². The lowest BCUT2D eigenvalue weighted by Crippen LogP contribution is -2.25. The van der Waals surface area contributed by atoms with Crippen LogP contribution in [0.15, 0.2) is 63.9 Å². The highest BCUT2D eigenvalue weighted by molar-refractivity contribution is 9.10. The van der Waals surface area contributed by atoms with Crippen LogP contribution in [0.25, 0.3) is 5.69 Å². The summed E-state index contributed by atoms with van der Waals surface area (Å²) in [6.45, 7) is 2.11. The third-order valence-corrected chi connectivity index (χ3v) is 4.17. The van der Waals surface area contributed by atoms with Gasteiger partial charge in [-0.2, -0.15) is 9.78 Å². The maximum atomic E-state index is 13.7. The van der Waals surface area contributed by atoms with E-state index in [1.165, 1.54) is 18.2 Å². The highest BCUT2D eigenvalue weighted by atomic mass is 79.9. The Morgan fingerprint density at radius 2 is 1.96 bits per heavy atom. The molecule has 0 bridgehead atoms. The van der Waals surface area contributed by atoms with Crippen molar-refractivity contribution in [3.05, 3.63) is 80.9 Å². The van der Waals surface area contributed by atoms with Gasteiger partial charge in [0.2, 0.25) is 0 Å². The lowest BCUT2D eigenvalue weighted by molar-refractivity contribution is 0.102. The minimum Gasteiger partial charge on any atom is -0.491 e. The Labute approximate surface area is 162 Å². The lowest BCUT2D eigenvalue weighted by Gasteiger charge is -2.13. The number of carbonyl (C=O) groups excluding carboxylic acids is 1. The van der Waals surface area contributed by atoms with Crippen molar-refractivity contribution in [3.8, 4) is 11.4 Å². The number of benzene rings is 2. The molecule has 0 unspecified atom stereocenters. The van der Waals surface area contributed by atoms with Crippen molar-refractivity contribution >= 4 is 27.5 Å². The molecule has 8 heteroatoms. The van der Waals surface area contributed by atoms with Crippen molar-refractivity contribution in [1.29, 1.82) is 0 Å². The van der Waals surface area contributed by atoms with E-state index in [-0.39, 0.29) is 16.9 Å². The van der Waals surface area contributed by atoms with Crippen molar-refractivity contribution in [2.75, 3.05) is 11.9 Å².